The second-order valence-corrected chi connectivity index (χ2v) is 8.35. The van der Waals surface area contributed by atoms with E-state index in [-0.39, 0.29) is 16.4 Å². The predicted molar refractivity (Wildman–Crippen MR) is 130 cm³/mol. The maximum atomic E-state index is 13.4. The molecule has 0 unspecified atom stereocenters. The number of nitrogens with zero attached hydrogens (tertiary/aromatic N) is 1. The van der Waals surface area contributed by atoms with Crippen molar-refractivity contribution in [1.29, 1.82) is 0 Å². The van der Waals surface area contributed by atoms with E-state index in [1.165, 1.54) is 11.3 Å². The molecule has 0 radical (unpaired) electrons. The molecule has 0 amide bonds. The average molecular weight is 429 g/mol. The number of anilines is 1. The number of nitrogens with one attached hydrogen (secondary N) is 1. The number of benzene rings is 3. The van der Waals surface area contributed by atoms with Crippen molar-refractivity contribution in [1.82, 2.24) is 0 Å². The lowest BCUT2D eigenvalue weighted by Crippen LogP contribution is -2.18. The highest BCUT2D eigenvalue weighted by molar-refractivity contribution is 7.20. The number of rotatable bonds is 7. The monoisotopic (exact) mass is 428 g/mol. The van der Waals surface area contributed by atoms with Crippen molar-refractivity contribution in [3.8, 4) is 5.06 Å². The minimum absolute atomic E-state index is 0.0732. The van der Waals surface area contributed by atoms with E-state index in [2.05, 4.69) is 17.5 Å². The summed E-state index contributed by atoms with van der Waals surface area (Å²) in [5.74, 6) is -0.286. The fourth-order valence-electron chi connectivity index (χ4n) is 3.68. The number of hydrogen-bond donors (Lipinski definition) is 2. The third-order valence-corrected chi connectivity index (χ3v) is 6.32. The van der Waals surface area contributed by atoms with Gasteiger partial charge in [-0.2, -0.15) is 5.10 Å². The zero-order valence-electron chi connectivity index (χ0n) is 17.3. The summed E-state index contributed by atoms with van der Waals surface area (Å²) >= 11 is 1.25. The van der Waals surface area contributed by atoms with Crippen LogP contribution in [0.2, 0.25) is 0 Å². The Bertz CT molecular complexity index is 1250. The summed E-state index contributed by atoms with van der Waals surface area (Å²) in [6, 6.07) is 27.1. The molecule has 0 saturated heterocycles. The van der Waals surface area contributed by atoms with Crippen LogP contribution in [0.25, 0.3) is 10.1 Å². The van der Waals surface area contributed by atoms with Crippen molar-refractivity contribution in [3.05, 3.63) is 106 Å². The van der Waals surface area contributed by atoms with Crippen molar-refractivity contribution in [2.45, 2.75) is 25.7 Å². The number of para-hydroxylation sites is 1. The lowest BCUT2D eigenvalue weighted by Gasteiger charge is -2.19. The standard InChI is InChI=1S/C26H24N2O2S/c1-2-19(27-28-20-13-7-4-8-14-20)17-22(18-11-5-3-6-12-18)24-25(29)21-15-9-10-16-23(21)31-26(24)30/h3-16,22,28,30H,2,17H2,1H3/b27-19-/t22-/m1/s1. The Balaban J connectivity index is 1.77. The van der Waals surface area contributed by atoms with Gasteiger partial charge in [-0.05, 0) is 42.7 Å². The van der Waals surface area contributed by atoms with Gasteiger partial charge < -0.3 is 5.11 Å². The number of aromatic hydroxyl groups is 1. The van der Waals surface area contributed by atoms with E-state index in [1.54, 1.807) is 0 Å². The number of fused-ring (bicyclic) bond motifs is 1. The zero-order chi connectivity index (χ0) is 21.6. The molecule has 2 N–H and O–H groups in total. The molecule has 1 aromatic heterocycles. The molecule has 4 nitrogen and oxygen atoms in total. The van der Waals surface area contributed by atoms with Crippen LogP contribution < -0.4 is 10.9 Å². The van der Waals surface area contributed by atoms with Crippen LogP contribution >= 0.6 is 11.3 Å². The number of hydrogen-bond acceptors (Lipinski definition) is 5. The Kier molecular flexibility index (Phi) is 6.43. The molecular formula is C26H24N2O2S. The van der Waals surface area contributed by atoms with Gasteiger partial charge in [0.05, 0.1) is 11.3 Å². The molecule has 156 valence electrons. The second kappa shape index (κ2) is 9.58. The molecule has 0 saturated carbocycles. The molecule has 0 bridgehead atoms. The molecule has 1 atom stereocenters. The Morgan fingerprint density at radius 1 is 0.968 bits per heavy atom. The van der Waals surface area contributed by atoms with Crippen LogP contribution in [0, 0.1) is 0 Å². The van der Waals surface area contributed by atoms with Crippen molar-refractivity contribution >= 4 is 32.8 Å². The highest BCUT2D eigenvalue weighted by atomic mass is 32.1. The Labute approximate surface area is 185 Å². The van der Waals surface area contributed by atoms with E-state index in [9.17, 15) is 9.90 Å². The fourth-order valence-corrected chi connectivity index (χ4v) is 4.66. The highest BCUT2D eigenvalue weighted by Gasteiger charge is 2.24. The molecule has 4 rings (SSSR count). The van der Waals surface area contributed by atoms with Crippen LogP contribution in [0.1, 0.15) is 36.8 Å². The number of hydrazone groups is 1. The molecule has 3 aromatic carbocycles. The maximum absolute atomic E-state index is 13.4. The fraction of sp³-hybridized carbons (Fsp3) is 0.154. The van der Waals surface area contributed by atoms with E-state index in [4.69, 9.17) is 0 Å². The average Bonchev–Trinajstić information content (AvgIpc) is 2.82. The molecule has 0 aliphatic rings. The maximum Gasteiger partial charge on any atom is 0.195 e. The van der Waals surface area contributed by atoms with E-state index in [0.29, 0.717) is 17.4 Å². The lowest BCUT2D eigenvalue weighted by atomic mass is 9.86. The minimum Gasteiger partial charge on any atom is -0.499 e. The molecule has 4 aromatic rings. The Hall–Kier alpha value is -3.44. The SMILES string of the molecule is CC/C(C[C@H](c1ccccc1)c1c(O)sc2ccccc2c1=O)=N/Nc1ccccc1. The van der Waals surface area contributed by atoms with Crippen molar-refractivity contribution < 1.29 is 5.11 Å². The van der Waals surface area contributed by atoms with Gasteiger partial charge in [0.15, 0.2) is 10.5 Å². The van der Waals surface area contributed by atoms with Gasteiger partial charge in [-0.3, -0.25) is 10.2 Å². The first-order valence-corrected chi connectivity index (χ1v) is 11.1. The Morgan fingerprint density at radius 3 is 2.32 bits per heavy atom. The van der Waals surface area contributed by atoms with Crippen molar-refractivity contribution in [2.24, 2.45) is 5.10 Å². The van der Waals surface area contributed by atoms with Gasteiger partial charge in [-0.1, -0.05) is 78.9 Å². The van der Waals surface area contributed by atoms with Gasteiger partial charge in [0, 0.05) is 21.7 Å². The van der Waals surface area contributed by atoms with Gasteiger partial charge in [-0.25, -0.2) is 0 Å². The van der Waals surface area contributed by atoms with Crippen LogP contribution in [0.5, 0.6) is 5.06 Å². The van der Waals surface area contributed by atoms with Crippen molar-refractivity contribution in [2.75, 3.05) is 5.43 Å². The van der Waals surface area contributed by atoms with Gasteiger partial charge in [-0.15, -0.1) is 0 Å². The molecule has 31 heavy (non-hydrogen) atoms. The molecule has 0 aliphatic heterocycles. The highest BCUT2D eigenvalue weighted by Crippen LogP contribution is 2.37. The summed E-state index contributed by atoms with van der Waals surface area (Å²) < 4.78 is 0.788. The summed E-state index contributed by atoms with van der Waals surface area (Å²) in [6.07, 6.45) is 1.27. The summed E-state index contributed by atoms with van der Waals surface area (Å²) in [5, 5.41) is 16.2. The van der Waals surface area contributed by atoms with E-state index in [0.717, 1.165) is 28.1 Å². The normalized spacial score (nSPS) is 12.6. The summed E-state index contributed by atoms with van der Waals surface area (Å²) in [6.45, 7) is 2.05. The molecule has 1 heterocycles. The second-order valence-electron chi connectivity index (χ2n) is 7.32. The van der Waals surface area contributed by atoms with Crippen LogP contribution in [0.4, 0.5) is 5.69 Å². The third kappa shape index (κ3) is 4.67. The third-order valence-electron chi connectivity index (χ3n) is 5.33. The summed E-state index contributed by atoms with van der Waals surface area (Å²) in [4.78, 5) is 13.4. The van der Waals surface area contributed by atoms with Gasteiger partial charge in [0.2, 0.25) is 0 Å². The molecule has 0 fully saturated rings. The van der Waals surface area contributed by atoms with Crippen LogP contribution in [0.3, 0.4) is 0 Å². The molecule has 5 heteroatoms. The largest absolute Gasteiger partial charge is 0.499 e. The van der Waals surface area contributed by atoms with Gasteiger partial charge in [0.1, 0.15) is 0 Å². The summed E-state index contributed by atoms with van der Waals surface area (Å²) in [7, 11) is 0. The Morgan fingerprint density at radius 2 is 1.61 bits per heavy atom. The first kappa shape index (κ1) is 20.8. The lowest BCUT2D eigenvalue weighted by molar-refractivity contribution is 0.479. The first-order valence-electron chi connectivity index (χ1n) is 10.3. The quantitative estimate of drug-likeness (QED) is 0.266. The van der Waals surface area contributed by atoms with Gasteiger partial charge in [0.25, 0.3) is 0 Å². The van der Waals surface area contributed by atoms with Crippen LogP contribution in [-0.4, -0.2) is 10.8 Å². The zero-order valence-corrected chi connectivity index (χ0v) is 18.1. The topological polar surface area (TPSA) is 61.7 Å². The molecule has 0 spiro atoms. The van der Waals surface area contributed by atoms with Crippen LogP contribution in [0.15, 0.2) is 94.8 Å². The predicted octanol–water partition coefficient (Wildman–Crippen LogP) is 6.37. The van der Waals surface area contributed by atoms with E-state index in [1.807, 2.05) is 84.9 Å². The van der Waals surface area contributed by atoms with Crippen LogP contribution in [-0.2, 0) is 0 Å². The molecule has 0 aliphatic carbocycles. The summed E-state index contributed by atoms with van der Waals surface area (Å²) in [5.41, 5.74) is 6.25. The first-order chi connectivity index (χ1) is 15.2. The van der Waals surface area contributed by atoms with E-state index >= 15 is 0 Å². The van der Waals surface area contributed by atoms with Crippen molar-refractivity contribution in [3.63, 3.8) is 0 Å². The molecular weight excluding hydrogens is 404 g/mol. The smallest absolute Gasteiger partial charge is 0.195 e. The van der Waals surface area contributed by atoms with Gasteiger partial charge >= 0.3 is 0 Å². The van der Waals surface area contributed by atoms with E-state index < -0.39 is 0 Å². The minimum atomic E-state index is -0.286.